The number of carbonyl (C=O) groups is 2. The third-order valence-electron chi connectivity index (χ3n) is 3.73. The number of carbonyl (C=O) groups excluding carboxylic acids is 2. The lowest BCUT2D eigenvalue weighted by atomic mass is 10.1. The second kappa shape index (κ2) is 10.0. The summed E-state index contributed by atoms with van der Waals surface area (Å²) in [4.78, 5) is 22.7. The second-order valence-corrected chi connectivity index (χ2v) is 5.95. The minimum atomic E-state index is -0.524. The van der Waals surface area contributed by atoms with Gasteiger partial charge in [0.25, 0.3) is 5.91 Å². The molecule has 0 fully saturated rings. The molecule has 0 saturated heterocycles. The maximum absolute atomic E-state index is 12.0. The molecule has 2 amide bonds. The van der Waals surface area contributed by atoms with Crippen molar-refractivity contribution in [3.05, 3.63) is 65.7 Å². The Hall–Kier alpha value is -3.08. The Kier molecular flexibility index (Phi) is 7.43. The van der Waals surface area contributed by atoms with E-state index in [1.165, 1.54) is 24.5 Å². The van der Waals surface area contributed by atoms with Gasteiger partial charge in [0.2, 0.25) is 5.91 Å². The van der Waals surface area contributed by atoms with Crippen LogP contribution >= 0.6 is 0 Å². The normalized spacial score (nSPS) is 10.7. The minimum Gasteiger partial charge on any atom is -0.484 e. The molecule has 26 heavy (non-hydrogen) atoms. The van der Waals surface area contributed by atoms with Crippen molar-refractivity contribution in [2.24, 2.45) is 5.73 Å². The van der Waals surface area contributed by atoms with Crippen LogP contribution in [0.4, 0.5) is 5.69 Å². The van der Waals surface area contributed by atoms with Gasteiger partial charge < -0.3 is 15.8 Å². The fraction of sp³-hybridized carbons (Fsp3) is 0.238. The molecule has 0 aromatic heterocycles. The van der Waals surface area contributed by atoms with Gasteiger partial charge in [-0.2, -0.15) is 0 Å². The molecule has 3 N–H and O–H groups in total. The van der Waals surface area contributed by atoms with Gasteiger partial charge in [0.15, 0.2) is 6.61 Å². The van der Waals surface area contributed by atoms with Crippen molar-refractivity contribution < 1.29 is 14.3 Å². The van der Waals surface area contributed by atoms with Crippen molar-refractivity contribution in [3.8, 4) is 5.75 Å². The molecule has 0 heterocycles. The third kappa shape index (κ3) is 6.81. The Morgan fingerprint density at radius 3 is 2.38 bits per heavy atom. The molecule has 0 unspecified atom stereocenters. The summed E-state index contributed by atoms with van der Waals surface area (Å²) in [6.07, 6.45) is 6.58. The number of primary amides is 1. The molecule has 0 radical (unpaired) electrons. The van der Waals surface area contributed by atoms with Crippen molar-refractivity contribution in [2.75, 3.05) is 11.9 Å². The number of hydrogen-bond donors (Lipinski definition) is 2. The van der Waals surface area contributed by atoms with Gasteiger partial charge in [-0.05, 0) is 54.3 Å². The zero-order chi connectivity index (χ0) is 18.8. The highest BCUT2D eigenvalue weighted by Crippen LogP contribution is 2.14. The molecular formula is C21H24N2O3. The number of ether oxygens (including phenoxy) is 1. The van der Waals surface area contributed by atoms with Gasteiger partial charge >= 0.3 is 0 Å². The Labute approximate surface area is 153 Å². The van der Waals surface area contributed by atoms with Crippen LogP contribution in [0.5, 0.6) is 5.75 Å². The molecule has 2 aromatic rings. The zero-order valence-corrected chi connectivity index (χ0v) is 14.9. The van der Waals surface area contributed by atoms with Crippen LogP contribution in [0, 0.1) is 0 Å². The van der Waals surface area contributed by atoms with Crippen molar-refractivity contribution in [2.45, 2.75) is 26.2 Å². The van der Waals surface area contributed by atoms with E-state index >= 15 is 0 Å². The third-order valence-corrected chi connectivity index (χ3v) is 3.73. The van der Waals surface area contributed by atoms with Crippen LogP contribution in [0.15, 0.2) is 54.6 Å². The Morgan fingerprint density at radius 2 is 1.77 bits per heavy atom. The Morgan fingerprint density at radius 1 is 1.08 bits per heavy atom. The average molecular weight is 352 g/mol. The number of rotatable bonds is 9. The lowest BCUT2D eigenvalue weighted by Crippen LogP contribution is -2.19. The van der Waals surface area contributed by atoms with Gasteiger partial charge in [0.05, 0.1) is 0 Å². The summed E-state index contributed by atoms with van der Waals surface area (Å²) in [5.74, 6) is -0.169. The van der Waals surface area contributed by atoms with Crippen LogP contribution in [0.25, 0.3) is 6.08 Å². The maximum atomic E-state index is 12.0. The lowest BCUT2D eigenvalue weighted by molar-refractivity contribution is -0.120. The molecule has 0 saturated carbocycles. The highest BCUT2D eigenvalue weighted by Gasteiger charge is 2.00. The first kappa shape index (κ1) is 19.2. The summed E-state index contributed by atoms with van der Waals surface area (Å²) in [6.45, 7) is 2.01. The van der Waals surface area contributed by atoms with Gasteiger partial charge in [-0.3, -0.25) is 9.59 Å². The van der Waals surface area contributed by atoms with Gasteiger partial charge in [-0.1, -0.05) is 37.6 Å². The van der Waals surface area contributed by atoms with Crippen molar-refractivity contribution in [1.29, 1.82) is 0 Å². The highest BCUT2D eigenvalue weighted by molar-refractivity contribution is 6.01. The Balaban J connectivity index is 1.85. The number of nitrogens with two attached hydrogens (primary N) is 1. The van der Waals surface area contributed by atoms with Crippen LogP contribution < -0.4 is 15.8 Å². The molecule has 0 atom stereocenters. The Bertz CT molecular complexity index is 750. The number of hydrogen-bond acceptors (Lipinski definition) is 3. The van der Waals surface area contributed by atoms with Crippen LogP contribution in [-0.2, 0) is 16.0 Å². The number of amides is 2. The molecular weight excluding hydrogens is 328 g/mol. The van der Waals surface area contributed by atoms with Crippen molar-refractivity contribution in [1.82, 2.24) is 0 Å². The monoisotopic (exact) mass is 352 g/mol. The fourth-order valence-corrected chi connectivity index (χ4v) is 2.32. The minimum absolute atomic E-state index is 0.158. The zero-order valence-electron chi connectivity index (χ0n) is 14.9. The first-order chi connectivity index (χ1) is 12.6. The first-order valence-corrected chi connectivity index (χ1v) is 8.66. The van der Waals surface area contributed by atoms with Gasteiger partial charge in [-0.15, -0.1) is 0 Å². The second-order valence-electron chi connectivity index (χ2n) is 5.95. The summed E-state index contributed by atoms with van der Waals surface area (Å²) in [5.41, 5.74) is 7.92. The number of benzene rings is 2. The quantitative estimate of drug-likeness (QED) is 0.677. The summed E-state index contributed by atoms with van der Waals surface area (Å²) >= 11 is 0. The predicted octanol–water partition coefficient (Wildman–Crippen LogP) is 3.55. The van der Waals surface area contributed by atoms with E-state index in [2.05, 4.69) is 12.2 Å². The number of unbranched alkanes of at least 4 members (excludes halogenated alkanes) is 1. The van der Waals surface area contributed by atoms with E-state index < -0.39 is 5.91 Å². The number of nitrogens with one attached hydrogen (secondary N) is 1. The van der Waals surface area contributed by atoms with Gasteiger partial charge in [0.1, 0.15) is 5.75 Å². The number of aryl methyl sites for hydroxylation is 1. The van der Waals surface area contributed by atoms with E-state index in [0.717, 1.165) is 17.7 Å². The molecule has 136 valence electrons. The SMILES string of the molecule is CCCCc1ccc(NC(=O)/C=C/c2ccc(OCC(N)=O)cc2)cc1. The van der Waals surface area contributed by atoms with E-state index in [4.69, 9.17) is 10.5 Å². The van der Waals surface area contributed by atoms with Crippen LogP contribution in [-0.4, -0.2) is 18.4 Å². The van der Waals surface area contributed by atoms with Gasteiger partial charge in [-0.25, -0.2) is 0 Å². The molecule has 2 rings (SSSR count). The maximum Gasteiger partial charge on any atom is 0.255 e. The average Bonchev–Trinajstić information content (AvgIpc) is 2.65. The molecule has 0 aliphatic carbocycles. The van der Waals surface area contributed by atoms with E-state index in [-0.39, 0.29) is 12.5 Å². The lowest BCUT2D eigenvalue weighted by Gasteiger charge is -2.05. The van der Waals surface area contributed by atoms with E-state index in [1.807, 2.05) is 24.3 Å². The summed E-state index contributed by atoms with van der Waals surface area (Å²) in [6, 6.07) is 14.9. The van der Waals surface area contributed by atoms with Crippen molar-refractivity contribution in [3.63, 3.8) is 0 Å². The predicted molar refractivity (Wildman–Crippen MR) is 104 cm³/mol. The largest absolute Gasteiger partial charge is 0.484 e. The van der Waals surface area contributed by atoms with Crippen LogP contribution in [0.3, 0.4) is 0 Å². The van der Waals surface area contributed by atoms with Crippen molar-refractivity contribution >= 4 is 23.6 Å². The molecule has 0 spiro atoms. The summed E-state index contributed by atoms with van der Waals surface area (Å²) in [5, 5.41) is 2.84. The summed E-state index contributed by atoms with van der Waals surface area (Å²) < 4.78 is 5.18. The smallest absolute Gasteiger partial charge is 0.255 e. The standard InChI is InChI=1S/C21H24N2O3/c1-2-3-4-16-5-10-18(11-6-16)23-21(25)14-9-17-7-12-19(13-8-17)26-15-20(22)24/h5-14H,2-4,15H2,1H3,(H2,22,24)(H,23,25)/b14-9+. The molecule has 5 nitrogen and oxygen atoms in total. The molecule has 0 aliphatic heterocycles. The fourth-order valence-electron chi connectivity index (χ4n) is 2.32. The molecule has 2 aromatic carbocycles. The van der Waals surface area contributed by atoms with E-state index in [9.17, 15) is 9.59 Å². The molecule has 5 heteroatoms. The highest BCUT2D eigenvalue weighted by atomic mass is 16.5. The summed E-state index contributed by atoms with van der Waals surface area (Å²) in [7, 11) is 0. The van der Waals surface area contributed by atoms with E-state index in [1.54, 1.807) is 30.3 Å². The molecule has 0 aliphatic rings. The van der Waals surface area contributed by atoms with Crippen LogP contribution in [0.1, 0.15) is 30.9 Å². The van der Waals surface area contributed by atoms with Crippen LogP contribution in [0.2, 0.25) is 0 Å². The topological polar surface area (TPSA) is 81.4 Å². The van der Waals surface area contributed by atoms with Gasteiger partial charge in [0, 0.05) is 11.8 Å². The van der Waals surface area contributed by atoms with E-state index in [0.29, 0.717) is 5.75 Å². The first-order valence-electron chi connectivity index (χ1n) is 8.66. The number of anilines is 1. The molecule has 0 bridgehead atoms.